The molecule has 2 rings (SSSR count). The standard InChI is InChI=1S/C34H50O10/c1-21(17-19-28(35)40-6)16-18-26-30(41-7)24(4)27-20-42-34(39)29(27)31(26)43-25(5)44-33(38)23(3)15-13-11-9-8-10-12-14-22(2)32(36)37/h16,22-23,25H,8-15,17-20H2,1-7H3,(H,36,37). The molecule has 0 saturated carbocycles. The molecule has 0 spiro atoms. The summed E-state index contributed by atoms with van der Waals surface area (Å²) < 4.78 is 27.6. The van der Waals surface area contributed by atoms with E-state index in [1.165, 1.54) is 7.11 Å². The topological polar surface area (TPSA) is 135 Å². The molecule has 0 bridgehead atoms. The van der Waals surface area contributed by atoms with Gasteiger partial charge in [-0.1, -0.05) is 64.0 Å². The molecule has 44 heavy (non-hydrogen) atoms. The van der Waals surface area contributed by atoms with Gasteiger partial charge in [0.1, 0.15) is 23.7 Å². The van der Waals surface area contributed by atoms with Crippen LogP contribution in [0, 0.1) is 18.8 Å². The number of carboxylic acids is 1. The largest absolute Gasteiger partial charge is 0.496 e. The van der Waals surface area contributed by atoms with Crippen LogP contribution >= 0.6 is 0 Å². The predicted octanol–water partition coefficient (Wildman–Crippen LogP) is 6.86. The number of esters is 3. The highest BCUT2D eigenvalue weighted by Gasteiger charge is 2.34. The lowest BCUT2D eigenvalue weighted by Crippen LogP contribution is -2.26. The van der Waals surface area contributed by atoms with Crippen molar-refractivity contribution in [2.45, 2.75) is 118 Å². The summed E-state index contributed by atoms with van der Waals surface area (Å²) in [6.45, 7) is 9.08. The van der Waals surface area contributed by atoms with Gasteiger partial charge >= 0.3 is 23.9 Å². The summed E-state index contributed by atoms with van der Waals surface area (Å²) in [6.07, 6.45) is 9.40. The first-order valence-corrected chi connectivity index (χ1v) is 15.6. The van der Waals surface area contributed by atoms with E-state index in [1.54, 1.807) is 21.0 Å². The third-order valence-corrected chi connectivity index (χ3v) is 8.15. The van der Waals surface area contributed by atoms with Crippen LogP contribution in [0.3, 0.4) is 0 Å². The Bertz CT molecular complexity index is 1190. The zero-order chi connectivity index (χ0) is 32.8. The molecule has 1 N–H and O–H groups in total. The quantitative estimate of drug-likeness (QED) is 0.0543. The first-order chi connectivity index (χ1) is 20.9. The summed E-state index contributed by atoms with van der Waals surface area (Å²) in [5.74, 6) is -1.69. The van der Waals surface area contributed by atoms with Crippen LogP contribution in [-0.2, 0) is 41.6 Å². The fourth-order valence-corrected chi connectivity index (χ4v) is 5.24. The van der Waals surface area contributed by atoms with Crippen LogP contribution in [0.2, 0.25) is 0 Å². The maximum atomic E-state index is 12.9. The van der Waals surface area contributed by atoms with E-state index in [1.807, 2.05) is 26.8 Å². The highest BCUT2D eigenvalue weighted by Crippen LogP contribution is 2.43. The molecule has 10 heteroatoms. The highest BCUT2D eigenvalue weighted by molar-refractivity contribution is 5.98. The number of rotatable bonds is 20. The minimum absolute atomic E-state index is 0.105. The molecule has 0 amide bonds. The highest BCUT2D eigenvalue weighted by atomic mass is 16.7. The average Bonchev–Trinajstić information content (AvgIpc) is 3.38. The third-order valence-electron chi connectivity index (χ3n) is 8.15. The number of benzene rings is 1. The van der Waals surface area contributed by atoms with Crippen molar-refractivity contribution in [1.29, 1.82) is 0 Å². The van der Waals surface area contributed by atoms with Crippen molar-refractivity contribution in [3.8, 4) is 11.5 Å². The van der Waals surface area contributed by atoms with Gasteiger partial charge < -0.3 is 28.8 Å². The Kier molecular flexibility index (Phi) is 15.2. The molecule has 1 aromatic rings. The van der Waals surface area contributed by atoms with Crippen LogP contribution in [0.15, 0.2) is 11.6 Å². The van der Waals surface area contributed by atoms with Crippen LogP contribution < -0.4 is 9.47 Å². The first kappa shape index (κ1) is 36.6. The van der Waals surface area contributed by atoms with Crippen molar-refractivity contribution >= 4 is 23.9 Å². The number of methoxy groups -OCH3 is 2. The minimum Gasteiger partial charge on any atom is -0.496 e. The molecule has 0 aliphatic carbocycles. The molecule has 10 nitrogen and oxygen atoms in total. The zero-order valence-corrected chi connectivity index (χ0v) is 27.4. The number of hydrogen-bond acceptors (Lipinski definition) is 9. The number of allylic oxidation sites excluding steroid dienone is 2. The van der Waals surface area contributed by atoms with Crippen LogP contribution in [0.5, 0.6) is 11.5 Å². The summed E-state index contributed by atoms with van der Waals surface area (Å²) in [5.41, 5.74) is 3.37. The van der Waals surface area contributed by atoms with Gasteiger partial charge in [0.2, 0.25) is 6.29 Å². The average molecular weight is 619 g/mol. The SMILES string of the molecule is COC(=O)CCC(C)=CCc1c(OC)c(C)c2c(c1OC(C)OC(=O)C(C)CCCCCCCCC(C)C(=O)O)C(=O)OC2. The summed E-state index contributed by atoms with van der Waals surface area (Å²) in [7, 11) is 2.91. The number of aliphatic carboxylic acids is 1. The molecule has 3 unspecified atom stereocenters. The van der Waals surface area contributed by atoms with Gasteiger partial charge in [0.15, 0.2) is 0 Å². The van der Waals surface area contributed by atoms with Gasteiger partial charge in [-0.2, -0.15) is 0 Å². The second-order valence-corrected chi connectivity index (χ2v) is 11.7. The molecule has 1 aromatic carbocycles. The van der Waals surface area contributed by atoms with Crippen LogP contribution in [0.25, 0.3) is 0 Å². The molecule has 0 saturated heterocycles. The van der Waals surface area contributed by atoms with Crippen molar-refractivity contribution in [2.24, 2.45) is 11.8 Å². The minimum atomic E-state index is -0.966. The van der Waals surface area contributed by atoms with Gasteiger partial charge in [-0.25, -0.2) is 4.79 Å². The first-order valence-electron chi connectivity index (χ1n) is 15.6. The maximum Gasteiger partial charge on any atom is 0.342 e. The lowest BCUT2D eigenvalue weighted by molar-refractivity contribution is -0.166. The van der Waals surface area contributed by atoms with E-state index in [2.05, 4.69) is 0 Å². The molecule has 1 aliphatic heterocycles. The fourth-order valence-electron chi connectivity index (χ4n) is 5.24. The predicted molar refractivity (Wildman–Crippen MR) is 165 cm³/mol. The number of unbranched alkanes of at least 4 members (excludes halogenated alkanes) is 5. The molecule has 0 radical (unpaired) electrons. The van der Waals surface area contributed by atoms with Gasteiger partial charge in [-0.15, -0.1) is 0 Å². The number of cyclic esters (lactones) is 1. The summed E-state index contributed by atoms with van der Waals surface area (Å²) in [6, 6.07) is 0. The third kappa shape index (κ3) is 10.9. The Labute approximate surface area is 261 Å². The van der Waals surface area contributed by atoms with Crippen molar-refractivity contribution in [3.63, 3.8) is 0 Å². The monoisotopic (exact) mass is 618 g/mol. The van der Waals surface area contributed by atoms with Crippen LogP contribution in [0.1, 0.15) is 119 Å². The van der Waals surface area contributed by atoms with Crippen molar-refractivity contribution in [2.75, 3.05) is 14.2 Å². The van der Waals surface area contributed by atoms with E-state index in [9.17, 15) is 19.2 Å². The van der Waals surface area contributed by atoms with Gasteiger partial charge in [0, 0.05) is 24.5 Å². The zero-order valence-electron chi connectivity index (χ0n) is 27.4. The smallest absolute Gasteiger partial charge is 0.342 e. The van der Waals surface area contributed by atoms with Gasteiger partial charge in [0.25, 0.3) is 0 Å². The van der Waals surface area contributed by atoms with Crippen LogP contribution in [-0.4, -0.2) is 49.5 Å². The molecule has 0 aromatic heterocycles. The number of hydrogen-bond donors (Lipinski definition) is 1. The molecular formula is C34H50O10. The number of carbonyl (C=O) groups is 4. The van der Waals surface area contributed by atoms with E-state index in [0.29, 0.717) is 48.1 Å². The molecular weight excluding hydrogens is 568 g/mol. The van der Waals surface area contributed by atoms with Crippen LogP contribution in [0.4, 0.5) is 0 Å². The number of ether oxygens (including phenoxy) is 5. The Morgan fingerprint density at radius 2 is 1.55 bits per heavy atom. The van der Waals surface area contributed by atoms with E-state index in [4.69, 9.17) is 28.8 Å². The van der Waals surface area contributed by atoms with Crippen molar-refractivity contribution in [3.05, 3.63) is 33.9 Å². The summed E-state index contributed by atoms with van der Waals surface area (Å²) >= 11 is 0. The summed E-state index contributed by atoms with van der Waals surface area (Å²) in [5, 5.41) is 8.96. The molecule has 1 aliphatic rings. The van der Waals surface area contributed by atoms with E-state index >= 15 is 0 Å². The van der Waals surface area contributed by atoms with Crippen molar-refractivity contribution in [1.82, 2.24) is 0 Å². The molecule has 0 fully saturated rings. The van der Waals surface area contributed by atoms with E-state index < -0.39 is 18.2 Å². The lowest BCUT2D eigenvalue weighted by Gasteiger charge is -2.23. The second kappa shape index (κ2) is 18.3. The van der Waals surface area contributed by atoms with Gasteiger partial charge in [0.05, 0.1) is 26.1 Å². The summed E-state index contributed by atoms with van der Waals surface area (Å²) in [4.78, 5) is 48.2. The number of fused-ring (bicyclic) bond motifs is 1. The Morgan fingerprint density at radius 1 is 0.932 bits per heavy atom. The maximum absolute atomic E-state index is 12.9. The number of carbonyl (C=O) groups excluding carboxylic acids is 3. The second-order valence-electron chi connectivity index (χ2n) is 11.7. The Morgan fingerprint density at radius 3 is 2.14 bits per heavy atom. The van der Waals surface area contributed by atoms with Gasteiger partial charge in [-0.05, 0) is 45.1 Å². The Hall–Kier alpha value is -3.56. The van der Waals surface area contributed by atoms with E-state index in [-0.39, 0.29) is 42.6 Å². The molecule has 246 valence electrons. The lowest BCUT2D eigenvalue weighted by atomic mass is 9.94. The fraction of sp³-hybridized carbons (Fsp3) is 0.647. The number of carboxylic acid groups (broad SMARTS) is 1. The molecule has 3 atom stereocenters. The molecule has 1 heterocycles. The van der Waals surface area contributed by atoms with Crippen molar-refractivity contribution < 1.29 is 48.0 Å². The Balaban J connectivity index is 2.02. The van der Waals surface area contributed by atoms with E-state index in [0.717, 1.165) is 49.7 Å². The normalized spacial score (nSPS) is 14.7. The van der Waals surface area contributed by atoms with Gasteiger partial charge in [-0.3, -0.25) is 14.4 Å².